The van der Waals surface area contributed by atoms with Crippen LogP contribution in [0.3, 0.4) is 0 Å². The van der Waals surface area contributed by atoms with Crippen molar-refractivity contribution in [3.05, 3.63) is 41.1 Å². The minimum atomic E-state index is -0.517. The molecule has 0 aliphatic heterocycles. The van der Waals surface area contributed by atoms with Gasteiger partial charge in [-0.25, -0.2) is 9.78 Å². The summed E-state index contributed by atoms with van der Waals surface area (Å²) in [4.78, 5) is 15.3. The van der Waals surface area contributed by atoms with Crippen molar-refractivity contribution in [2.75, 3.05) is 0 Å². The van der Waals surface area contributed by atoms with E-state index in [2.05, 4.69) is 10.1 Å². The Balaban J connectivity index is 2.73. The molecule has 2 aromatic heterocycles. The van der Waals surface area contributed by atoms with Gasteiger partial charge in [-0.15, -0.1) is 9.61 Å². The van der Waals surface area contributed by atoms with E-state index in [4.69, 9.17) is 4.42 Å². The molecule has 0 atom stereocenters. The van der Waals surface area contributed by atoms with E-state index in [1.165, 1.54) is 6.33 Å². The number of rotatable bonds is 0. The summed E-state index contributed by atoms with van der Waals surface area (Å²) in [7, 11) is 0. The Morgan fingerprint density at radius 2 is 2.14 bits per heavy atom. The lowest BCUT2D eigenvalue weighted by Gasteiger charge is -1.95. The molecule has 0 aliphatic carbocycles. The molecular weight excluding hydrogens is 182 g/mol. The van der Waals surface area contributed by atoms with Crippen LogP contribution in [-0.4, -0.2) is 14.6 Å². The Morgan fingerprint density at radius 3 is 3.07 bits per heavy atom. The zero-order valence-electron chi connectivity index (χ0n) is 7.04. The molecule has 2 heterocycles. The first-order valence-corrected chi connectivity index (χ1v) is 4.08. The predicted octanol–water partition coefficient (Wildman–Crippen LogP) is 0.836. The molecule has 0 aliphatic rings. The lowest BCUT2D eigenvalue weighted by atomic mass is 10.2. The number of hydrogen-bond acceptors (Lipinski definition) is 4. The van der Waals surface area contributed by atoms with E-state index in [1.54, 1.807) is 12.1 Å². The molecule has 68 valence electrons. The first kappa shape index (κ1) is 7.25. The van der Waals surface area contributed by atoms with Crippen LogP contribution in [0, 0.1) is 0 Å². The third kappa shape index (κ3) is 0.806. The minimum Gasteiger partial charge on any atom is -0.408 e. The molecule has 14 heavy (non-hydrogen) atoms. The van der Waals surface area contributed by atoms with Crippen LogP contribution < -0.4 is 5.76 Å². The van der Waals surface area contributed by atoms with Crippen LogP contribution in [0.15, 0.2) is 39.8 Å². The van der Waals surface area contributed by atoms with Gasteiger partial charge in [-0.05, 0) is 12.1 Å². The predicted molar refractivity (Wildman–Crippen MR) is 49.0 cm³/mol. The van der Waals surface area contributed by atoms with E-state index in [9.17, 15) is 4.79 Å². The lowest BCUT2D eigenvalue weighted by Crippen LogP contribution is -2.12. The maximum Gasteiger partial charge on any atom is 0.442 e. The molecule has 0 amide bonds. The van der Waals surface area contributed by atoms with Crippen molar-refractivity contribution < 1.29 is 4.42 Å². The second-order valence-corrected chi connectivity index (χ2v) is 2.86. The Hall–Kier alpha value is -2.17. The molecule has 3 rings (SSSR count). The van der Waals surface area contributed by atoms with Gasteiger partial charge in [0, 0.05) is 0 Å². The molecule has 0 saturated heterocycles. The zero-order valence-corrected chi connectivity index (χ0v) is 7.04. The molecular formula is C9H5N3O2. The minimum absolute atomic E-state index is 0.517. The van der Waals surface area contributed by atoms with Crippen LogP contribution in [0.5, 0.6) is 0 Å². The maximum absolute atomic E-state index is 11.3. The second kappa shape index (κ2) is 2.41. The SMILES string of the molecule is O=c1oc2ccccc2c2ncnn12. The van der Waals surface area contributed by atoms with Crippen molar-refractivity contribution in [3.63, 3.8) is 0 Å². The van der Waals surface area contributed by atoms with Gasteiger partial charge in [0.15, 0.2) is 5.65 Å². The highest BCUT2D eigenvalue weighted by molar-refractivity contribution is 5.89. The number of para-hydroxylation sites is 1. The third-order valence-electron chi connectivity index (χ3n) is 2.05. The van der Waals surface area contributed by atoms with Crippen molar-refractivity contribution in [1.82, 2.24) is 14.6 Å². The topological polar surface area (TPSA) is 60.4 Å². The van der Waals surface area contributed by atoms with Gasteiger partial charge in [0.05, 0.1) is 5.39 Å². The Labute approximate surface area is 77.6 Å². The van der Waals surface area contributed by atoms with Gasteiger partial charge < -0.3 is 4.42 Å². The van der Waals surface area contributed by atoms with E-state index in [1.807, 2.05) is 12.1 Å². The summed E-state index contributed by atoms with van der Waals surface area (Å²) in [6.45, 7) is 0. The van der Waals surface area contributed by atoms with Crippen molar-refractivity contribution in [1.29, 1.82) is 0 Å². The Bertz CT molecular complexity index is 668. The number of nitrogens with zero attached hydrogens (tertiary/aromatic N) is 3. The van der Waals surface area contributed by atoms with Crippen LogP contribution in [0.1, 0.15) is 0 Å². The number of fused-ring (bicyclic) bond motifs is 3. The molecule has 0 saturated carbocycles. The van der Waals surface area contributed by atoms with Crippen LogP contribution in [0.25, 0.3) is 16.6 Å². The van der Waals surface area contributed by atoms with Crippen LogP contribution in [0.2, 0.25) is 0 Å². The fourth-order valence-electron chi connectivity index (χ4n) is 1.44. The van der Waals surface area contributed by atoms with E-state index < -0.39 is 5.76 Å². The summed E-state index contributed by atoms with van der Waals surface area (Å²) >= 11 is 0. The molecule has 0 radical (unpaired) electrons. The van der Waals surface area contributed by atoms with Crippen molar-refractivity contribution in [3.8, 4) is 0 Å². The molecule has 0 N–H and O–H groups in total. The number of hydrogen-bond donors (Lipinski definition) is 0. The highest BCUT2D eigenvalue weighted by atomic mass is 16.4. The first-order chi connectivity index (χ1) is 6.86. The normalized spacial score (nSPS) is 11.1. The number of aromatic nitrogens is 3. The van der Waals surface area contributed by atoms with Gasteiger partial charge >= 0.3 is 5.76 Å². The van der Waals surface area contributed by atoms with Crippen molar-refractivity contribution >= 4 is 16.6 Å². The van der Waals surface area contributed by atoms with E-state index in [0.29, 0.717) is 11.2 Å². The zero-order chi connectivity index (χ0) is 9.54. The number of benzene rings is 1. The van der Waals surface area contributed by atoms with Gasteiger partial charge in [0.1, 0.15) is 11.9 Å². The highest BCUT2D eigenvalue weighted by Gasteiger charge is 2.06. The standard InChI is InChI=1S/C9H5N3O2/c13-9-12-8(10-5-11-12)6-3-1-2-4-7(6)14-9/h1-5H. The van der Waals surface area contributed by atoms with E-state index in [-0.39, 0.29) is 0 Å². The van der Waals surface area contributed by atoms with Crippen LogP contribution in [0.4, 0.5) is 0 Å². The van der Waals surface area contributed by atoms with Gasteiger partial charge in [0.2, 0.25) is 0 Å². The smallest absolute Gasteiger partial charge is 0.408 e. The average molecular weight is 187 g/mol. The van der Waals surface area contributed by atoms with Gasteiger partial charge in [-0.3, -0.25) is 0 Å². The Morgan fingerprint density at radius 1 is 1.29 bits per heavy atom. The largest absolute Gasteiger partial charge is 0.442 e. The Kier molecular flexibility index (Phi) is 1.25. The third-order valence-corrected chi connectivity index (χ3v) is 2.05. The molecule has 3 aromatic rings. The summed E-state index contributed by atoms with van der Waals surface area (Å²) in [6, 6.07) is 7.23. The summed E-state index contributed by atoms with van der Waals surface area (Å²) in [5.74, 6) is -0.517. The highest BCUT2D eigenvalue weighted by Crippen LogP contribution is 2.14. The lowest BCUT2D eigenvalue weighted by molar-refractivity contribution is 0.507. The van der Waals surface area contributed by atoms with Crippen LogP contribution >= 0.6 is 0 Å². The van der Waals surface area contributed by atoms with Crippen molar-refractivity contribution in [2.24, 2.45) is 0 Å². The summed E-state index contributed by atoms with van der Waals surface area (Å²) in [5.41, 5.74) is 1.05. The molecule has 1 aromatic carbocycles. The molecule has 0 unspecified atom stereocenters. The van der Waals surface area contributed by atoms with Gasteiger partial charge in [0.25, 0.3) is 0 Å². The molecule has 5 nitrogen and oxygen atoms in total. The molecule has 5 heteroatoms. The fraction of sp³-hybridized carbons (Fsp3) is 0. The van der Waals surface area contributed by atoms with E-state index >= 15 is 0 Å². The van der Waals surface area contributed by atoms with Crippen LogP contribution in [-0.2, 0) is 0 Å². The first-order valence-electron chi connectivity index (χ1n) is 4.08. The second-order valence-electron chi connectivity index (χ2n) is 2.86. The summed E-state index contributed by atoms with van der Waals surface area (Å²) < 4.78 is 6.18. The quantitative estimate of drug-likeness (QED) is 0.523. The monoisotopic (exact) mass is 187 g/mol. The fourth-order valence-corrected chi connectivity index (χ4v) is 1.44. The summed E-state index contributed by atoms with van der Waals surface area (Å²) in [6.07, 6.45) is 1.33. The summed E-state index contributed by atoms with van der Waals surface area (Å²) in [5, 5.41) is 4.55. The van der Waals surface area contributed by atoms with E-state index in [0.717, 1.165) is 9.90 Å². The maximum atomic E-state index is 11.3. The molecule has 0 fully saturated rings. The van der Waals surface area contributed by atoms with Gasteiger partial charge in [-0.2, -0.15) is 0 Å². The molecule has 0 spiro atoms. The molecule has 0 bridgehead atoms. The van der Waals surface area contributed by atoms with Crippen molar-refractivity contribution in [2.45, 2.75) is 0 Å². The van der Waals surface area contributed by atoms with Gasteiger partial charge in [-0.1, -0.05) is 12.1 Å². The average Bonchev–Trinajstić information content (AvgIpc) is 2.67.